The molecule has 12 aromatic carbocycles. The molecule has 16 rings (SSSR count). The molecule has 448 valence electrons. The fourth-order valence-corrected chi connectivity index (χ4v) is 12.4. The summed E-state index contributed by atoms with van der Waals surface area (Å²) in [6.45, 7) is 10.2. The molecular weight excluding hydrogens is 1310 g/mol. The third-order valence-corrected chi connectivity index (χ3v) is 16.7. The first kappa shape index (κ1) is 43.1. The molecule has 0 fully saturated rings. The van der Waals surface area contributed by atoms with Crippen LogP contribution in [0.2, 0.25) is 0 Å². The number of hydrogen-bond donors (Lipinski definition) is 0. The standard InChI is InChI=1S/C84H62N5O2.Pt/c1-55(2)60-47-61(56(3)4)49-62(48-60)71-36-22-35-70(59-27-12-7-13-28-59)84(71)91-67-45-46-85-82(53-67)89-78-44-41-64(88-76-37-16-14-31-72(76)73-32-15-17-38-77(73)88)51-75(78)74-43-42-66(52-81(74)89)90-65-30-20-29-63(50-65)86-54-87(80-40-19-18-39-79(80)86)83-68(57-23-8-5-9-24-57)33-21-34-69(83)58-25-10-6-11-26-58;/h5-49,51,53-56H,1-4H3;/q-3;/i5D,6D,7D,8D,9D,10D,11D,12D,13D,23D,24D,25D,26D,27D,28D;. The van der Waals surface area contributed by atoms with E-state index < -0.39 is 78.6 Å². The summed E-state index contributed by atoms with van der Waals surface area (Å²) in [6.07, 6.45) is 1.64. The van der Waals surface area contributed by atoms with E-state index in [2.05, 4.69) is 105 Å². The molecule has 0 amide bonds. The number of para-hydroxylation sites is 6. The summed E-state index contributed by atoms with van der Waals surface area (Å²) < 4.78 is 151. The van der Waals surface area contributed by atoms with Gasteiger partial charge in [0, 0.05) is 106 Å². The van der Waals surface area contributed by atoms with E-state index >= 15 is 0 Å². The van der Waals surface area contributed by atoms with Gasteiger partial charge in [-0.2, -0.15) is 12.1 Å². The quantitative estimate of drug-likeness (QED) is 0.102. The molecule has 3 aromatic heterocycles. The Morgan fingerprint density at radius 2 is 0.978 bits per heavy atom. The van der Waals surface area contributed by atoms with Crippen molar-refractivity contribution in [1.29, 1.82) is 0 Å². The predicted molar refractivity (Wildman–Crippen MR) is 375 cm³/mol. The van der Waals surface area contributed by atoms with Crippen LogP contribution in [0, 0.1) is 18.8 Å². The third kappa shape index (κ3) is 10.4. The van der Waals surface area contributed by atoms with Crippen molar-refractivity contribution >= 4 is 66.4 Å². The van der Waals surface area contributed by atoms with E-state index in [1.807, 2.05) is 82.3 Å². The van der Waals surface area contributed by atoms with E-state index in [9.17, 15) is 8.22 Å². The number of benzene rings is 12. The maximum atomic E-state index is 9.23. The Morgan fingerprint density at radius 3 is 1.61 bits per heavy atom. The van der Waals surface area contributed by atoms with Gasteiger partial charge in [-0.25, -0.2) is 4.98 Å². The van der Waals surface area contributed by atoms with Crippen molar-refractivity contribution in [2.24, 2.45) is 0 Å². The molecule has 0 unspecified atom stereocenters. The zero-order valence-corrected chi connectivity index (χ0v) is 52.3. The fraction of sp³-hybridized carbons (Fsp3) is 0.0714. The first-order valence-corrected chi connectivity index (χ1v) is 30.0. The third-order valence-electron chi connectivity index (χ3n) is 16.7. The Bertz CT molecular complexity index is 5960. The second-order valence-electron chi connectivity index (χ2n) is 22.9. The number of rotatable bonds is 14. The average Bonchev–Trinajstić information content (AvgIpc) is 1.67. The first-order chi connectivity index (χ1) is 51.0. The van der Waals surface area contributed by atoms with Crippen molar-refractivity contribution in [1.82, 2.24) is 14.1 Å². The minimum absolute atomic E-state index is 0. The zero-order chi connectivity index (χ0) is 74.2. The molecule has 0 radical (unpaired) electrons. The SMILES string of the molecule is [2H]c1c([2H])c([2H])c(-c2cccc(-c3cc(C(C)C)cc(C(C)C)c3)c2Oc2ccnc(-n3c4[c-]c(Oc5[c-]c(N6[CH-]N(c7c(-c8c([2H])c([2H])c([2H])c([2H])c8[2H])cccc7-c7c([2H])c([2H])c([2H])c([2H])c7[2H])c7ccccc76)ccc5)ccc4c4cc(-n5c6ccccc6c6ccccc65)ccc43)c2)c([2H])c1[2H].[Pt]. The summed E-state index contributed by atoms with van der Waals surface area (Å²) in [5.74, 6) is 1.91. The number of hydrogen-bond acceptors (Lipinski definition) is 5. The molecule has 15 aromatic rings. The Hall–Kier alpha value is -10.7. The number of nitrogens with zero attached hydrogens (tertiary/aromatic N) is 5. The molecule has 8 heteroatoms. The van der Waals surface area contributed by atoms with E-state index in [1.54, 1.807) is 72.4 Å². The Labute approximate surface area is 572 Å². The normalized spacial score (nSPS) is 14.4. The average molecular weight is 1380 g/mol. The second-order valence-corrected chi connectivity index (χ2v) is 22.9. The van der Waals surface area contributed by atoms with Crippen LogP contribution in [0.15, 0.2) is 285 Å². The van der Waals surface area contributed by atoms with Crippen LogP contribution in [0.4, 0.5) is 22.7 Å². The van der Waals surface area contributed by atoms with Gasteiger partial charge >= 0.3 is 0 Å². The summed E-state index contributed by atoms with van der Waals surface area (Å²) in [5, 5.41) is 3.86. The molecule has 92 heavy (non-hydrogen) atoms. The van der Waals surface area contributed by atoms with Gasteiger partial charge in [-0.3, -0.25) is 0 Å². The molecule has 0 N–H and O–H groups in total. The molecule has 7 nitrogen and oxygen atoms in total. The molecule has 0 aliphatic carbocycles. The van der Waals surface area contributed by atoms with Gasteiger partial charge in [-0.1, -0.05) is 227 Å². The Kier molecular flexibility index (Phi) is 11.3. The molecule has 0 saturated carbocycles. The van der Waals surface area contributed by atoms with Crippen LogP contribution < -0.4 is 19.3 Å². The number of ether oxygens (including phenoxy) is 2. The van der Waals surface area contributed by atoms with Gasteiger partial charge in [-0.15, -0.1) is 48.1 Å². The topological polar surface area (TPSA) is 47.7 Å². The number of fused-ring (bicyclic) bond motifs is 7. The smallest absolute Gasteiger partial charge is 0.143 e. The van der Waals surface area contributed by atoms with Crippen molar-refractivity contribution in [2.45, 2.75) is 39.5 Å². The maximum Gasteiger partial charge on any atom is 0.143 e. The van der Waals surface area contributed by atoms with E-state index in [-0.39, 0.29) is 90.0 Å². The van der Waals surface area contributed by atoms with Crippen molar-refractivity contribution in [3.8, 4) is 79.0 Å². The van der Waals surface area contributed by atoms with E-state index in [1.165, 1.54) is 0 Å². The molecule has 0 spiro atoms. The molecule has 0 saturated heterocycles. The van der Waals surface area contributed by atoms with Crippen LogP contribution in [-0.4, -0.2) is 14.1 Å². The second kappa shape index (κ2) is 24.2. The van der Waals surface area contributed by atoms with Crippen LogP contribution >= 0.6 is 0 Å². The van der Waals surface area contributed by atoms with Crippen LogP contribution in [0.1, 0.15) is 71.2 Å². The largest absolute Gasteiger partial charge is 0.509 e. The minimum Gasteiger partial charge on any atom is -0.509 e. The summed E-state index contributed by atoms with van der Waals surface area (Å²) >= 11 is 0. The van der Waals surface area contributed by atoms with Crippen LogP contribution in [0.3, 0.4) is 0 Å². The monoisotopic (exact) mass is 1380 g/mol. The Morgan fingerprint density at radius 1 is 0.435 bits per heavy atom. The van der Waals surface area contributed by atoms with Crippen molar-refractivity contribution in [3.63, 3.8) is 0 Å². The summed E-state index contributed by atoms with van der Waals surface area (Å²) in [5.41, 5.74) is 9.92. The summed E-state index contributed by atoms with van der Waals surface area (Å²) in [7, 11) is 0. The van der Waals surface area contributed by atoms with Gasteiger partial charge in [0.2, 0.25) is 0 Å². The predicted octanol–water partition coefficient (Wildman–Crippen LogP) is 22.8. The molecular formula is C84H62N5O2Pt-3. The van der Waals surface area contributed by atoms with Crippen LogP contribution in [-0.2, 0) is 21.1 Å². The summed E-state index contributed by atoms with van der Waals surface area (Å²) in [4.78, 5) is 8.59. The van der Waals surface area contributed by atoms with Crippen molar-refractivity contribution in [3.05, 3.63) is 315 Å². The Balaban J connectivity index is 0.00000915. The van der Waals surface area contributed by atoms with Gasteiger partial charge in [0.15, 0.2) is 0 Å². The summed E-state index contributed by atoms with van der Waals surface area (Å²) in [6, 6.07) is 58.9. The first-order valence-electron chi connectivity index (χ1n) is 37.5. The molecule has 1 aliphatic rings. The maximum absolute atomic E-state index is 9.23. The van der Waals surface area contributed by atoms with Gasteiger partial charge in [-0.05, 0) is 99.1 Å². The van der Waals surface area contributed by atoms with Gasteiger partial charge in [0.1, 0.15) is 17.3 Å². The van der Waals surface area contributed by atoms with E-state index in [4.69, 9.17) is 26.8 Å². The van der Waals surface area contributed by atoms with Gasteiger partial charge < -0.3 is 28.4 Å². The van der Waals surface area contributed by atoms with Crippen molar-refractivity contribution < 1.29 is 51.1 Å². The van der Waals surface area contributed by atoms with Crippen LogP contribution in [0.5, 0.6) is 23.0 Å². The zero-order valence-electron chi connectivity index (χ0n) is 65.1. The van der Waals surface area contributed by atoms with Gasteiger partial charge in [0.25, 0.3) is 0 Å². The van der Waals surface area contributed by atoms with Crippen LogP contribution in [0.25, 0.3) is 99.6 Å². The number of anilines is 4. The molecule has 0 atom stereocenters. The number of aromatic nitrogens is 3. The van der Waals surface area contributed by atoms with Crippen molar-refractivity contribution in [2.75, 3.05) is 9.80 Å². The van der Waals surface area contributed by atoms with E-state index in [0.717, 1.165) is 60.5 Å². The molecule has 0 bridgehead atoms. The van der Waals surface area contributed by atoms with Gasteiger partial charge in [0.05, 0.1) is 31.6 Å². The fourth-order valence-electron chi connectivity index (χ4n) is 12.4. The molecule has 1 aliphatic heterocycles. The number of pyridine rings is 1. The molecule has 4 heterocycles. The van der Waals surface area contributed by atoms with E-state index in [0.29, 0.717) is 51.0 Å². The minimum atomic E-state index is -0.598.